The van der Waals surface area contributed by atoms with Crippen LogP contribution in [0, 0.1) is 0 Å². The van der Waals surface area contributed by atoms with E-state index in [0.29, 0.717) is 18.7 Å². The van der Waals surface area contributed by atoms with E-state index < -0.39 is 9.84 Å². The molecule has 1 aliphatic heterocycles. The van der Waals surface area contributed by atoms with Gasteiger partial charge in [-0.3, -0.25) is 4.79 Å². The summed E-state index contributed by atoms with van der Waals surface area (Å²) in [5, 5.41) is 3.27. The molecule has 0 spiro atoms. The first kappa shape index (κ1) is 14.0. The van der Waals surface area contributed by atoms with E-state index in [1.165, 1.54) is 12.1 Å². The third-order valence-corrected chi connectivity index (χ3v) is 4.31. The predicted octanol–water partition coefficient (Wildman–Crippen LogP) is 0.524. The molecule has 5 nitrogen and oxygen atoms in total. The van der Waals surface area contributed by atoms with Gasteiger partial charge in [0.15, 0.2) is 9.84 Å². The molecule has 19 heavy (non-hydrogen) atoms. The minimum Gasteiger partial charge on any atom is -0.336 e. The Morgan fingerprint density at radius 2 is 1.95 bits per heavy atom. The van der Waals surface area contributed by atoms with Crippen molar-refractivity contribution >= 4 is 15.7 Å². The number of amides is 1. The monoisotopic (exact) mass is 282 g/mol. The molecule has 6 heteroatoms. The van der Waals surface area contributed by atoms with Crippen molar-refractivity contribution in [2.75, 3.05) is 25.9 Å². The van der Waals surface area contributed by atoms with Crippen molar-refractivity contribution in [3.8, 4) is 0 Å². The lowest BCUT2D eigenvalue weighted by atomic mass is 10.1. The zero-order valence-corrected chi connectivity index (χ0v) is 11.9. The summed E-state index contributed by atoms with van der Waals surface area (Å²) in [5.74, 6) is -0.0478. The first-order valence-electron chi connectivity index (χ1n) is 6.21. The highest BCUT2D eigenvalue weighted by Gasteiger charge is 2.21. The molecule has 0 aliphatic carbocycles. The van der Waals surface area contributed by atoms with Crippen molar-refractivity contribution in [1.29, 1.82) is 0 Å². The van der Waals surface area contributed by atoms with E-state index >= 15 is 0 Å². The van der Waals surface area contributed by atoms with Gasteiger partial charge in [0.05, 0.1) is 4.90 Å². The van der Waals surface area contributed by atoms with Crippen LogP contribution in [-0.4, -0.2) is 51.2 Å². The fraction of sp³-hybridized carbons (Fsp3) is 0.462. The fourth-order valence-electron chi connectivity index (χ4n) is 2.14. The van der Waals surface area contributed by atoms with Crippen LogP contribution in [0.15, 0.2) is 29.2 Å². The lowest BCUT2D eigenvalue weighted by Crippen LogP contribution is -2.51. The molecule has 1 amide bonds. The van der Waals surface area contributed by atoms with Gasteiger partial charge < -0.3 is 10.2 Å². The van der Waals surface area contributed by atoms with Gasteiger partial charge in [-0.25, -0.2) is 8.42 Å². The number of piperazine rings is 1. The van der Waals surface area contributed by atoms with Crippen LogP contribution in [0.3, 0.4) is 0 Å². The van der Waals surface area contributed by atoms with Crippen molar-refractivity contribution in [2.45, 2.75) is 17.9 Å². The highest BCUT2D eigenvalue weighted by molar-refractivity contribution is 7.90. The molecule has 0 radical (unpaired) electrons. The fourth-order valence-corrected chi connectivity index (χ4v) is 2.77. The molecule has 1 saturated heterocycles. The second-order valence-electron chi connectivity index (χ2n) is 4.90. The summed E-state index contributed by atoms with van der Waals surface area (Å²) in [7, 11) is -3.21. The number of carbonyl (C=O) groups is 1. The molecule has 0 bridgehead atoms. The lowest BCUT2D eigenvalue weighted by Gasteiger charge is -2.32. The number of benzene rings is 1. The maximum Gasteiger partial charge on any atom is 0.253 e. The topological polar surface area (TPSA) is 66.5 Å². The third kappa shape index (κ3) is 3.33. The standard InChI is InChI=1S/C13H18N2O3S/c1-10-9-15(8-7-14-10)13(16)11-3-5-12(6-4-11)19(2,17)18/h3-6,10,14H,7-9H2,1-2H3/t10-/m0/s1. The zero-order chi connectivity index (χ0) is 14.0. The normalized spacial score (nSPS) is 20.3. The second-order valence-corrected chi connectivity index (χ2v) is 6.92. The van der Waals surface area contributed by atoms with Crippen molar-refractivity contribution in [2.24, 2.45) is 0 Å². The van der Waals surface area contributed by atoms with Crippen molar-refractivity contribution < 1.29 is 13.2 Å². The highest BCUT2D eigenvalue weighted by atomic mass is 32.2. The Balaban J connectivity index is 2.16. The average Bonchev–Trinajstić information content (AvgIpc) is 2.37. The van der Waals surface area contributed by atoms with Crippen molar-refractivity contribution in [1.82, 2.24) is 10.2 Å². The number of carbonyl (C=O) groups excluding carboxylic acids is 1. The zero-order valence-electron chi connectivity index (χ0n) is 11.1. The minimum atomic E-state index is -3.21. The summed E-state index contributed by atoms with van der Waals surface area (Å²) in [6, 6.07) is 6.40. The first-order chi connectivity index (χ1) is 8.88. The molecule has 1 aromatic carbocycles. The maximum atomic E-state index is 12.3. The van der Waals surface area contributed by atoms with Gasteiger partial charge in [-0.15, -0.1) is 0 Å². The Morgan fingerprint density at radius 3 is 2.47 bits per heavy atom. The summed E-state index contributed by atoms with van der Waals surface area (Å²) in [5.41, 5.74) is 0.529. The van der Waals surface area contributed by atoms with Crippen molar-refractivity contribution in [3.05, 3.63) is 29.8 Å². The Bertz CT molecular complexity index is 566. The molecule has 1 atom stereocenters. The lowest BCUT2D eigenvalue weighted by molar-refractivity contribution is 0.0709. The van der Waals surface area contributed by atoms with E-state index in [1.807, 2.05) is 6.92 Å². The van der Waals surface area contributed by atoms with Gasteiger partial charge >= 0.3 is 0 Å². The molecule has 1 heterocycles. The SMILES string of the molecule is C[C@H]1CN(C(=O)c2ccc(S(C)(=O)=O)cc2)CCN1. The Kier molecular flexibility index (Phi) is 3.91. The van der Waals surface area contributed by atoms with E-state index in [4.69, 9.17) is 0 Å². The number of nitrogens with one attached hydrogen (secondary N) is 1. The number of rotatable bonds is 2. The molecule has 0 aromatic heterocycles. The van der Waals surface area contributed by atoms with E-state index in [-0.39, 0.29) is 16.8 Å². The van der Waals surface area contributed by atoms with Gasteiger partial charge in [0.2, 0.25) is 0 Å². The number of nitrogens with zero attached hydrogens (tertiary/aromatic N) is 1. The summed E-state index contributed by atoms with van der Waals surface area (Å²) in [6.45, 7) is 4.17. The summed E-state index contributed by atoms with van der Waals surface area (Å²) < 4.78 is 22.7. The highest BCUT2D eigenvalue weighted by Crippen LogP contribution is 2.13. The average molecular weight is 282 g/mol. The van der Waals surface area contributed by atoms with E-state index in [2.05, 4.69) is 5.32 Å². The van der Waals surface area contributed by atoms with Crippen molar-refractivity contribution in [3.63, 3.8) is 0 Å². The van der Waals surface area contributed by atoms with Crippen LogP contribution in [0.25, 0.3) is 0 Å². The predicted molar refractivity (Wildman–Crippen MR) is 72.9 cm³/mol. The van der Waals surface area contributed by atoms with Crippen LogP contribution in [0.4, 0.5) is 0 Å². The third-order valence-electron chi connectivity index (χ3n) is 3.19. The van der Waals surface area contributed by atoms with Crippen LogP contribution < -0.4 is 5.32 Å². The van der Waals surface area contributed by atoms with E-state index in [9.17, 15) is 13.2 Å². The van der Waals surface area contributed by atoms with E-state index in [0.717, 1.165) is 12.8 Å². The van der Waals surface area contributed by atoms with Crippen LogP contribution >= 0.6 is 0 Å². The first-order valence-corrected chi connectivity index (χ1v) is 8.10. The van der Waals surface area contributed by atoms with Crippen LogP contribution in [0.5, 0.6) is 0 Å². The smallest absolute Gasteiger partial charge is 0.253 e. The van der Waals surface area contributed by atoms with Crippen LogP contribution in [0.2, 0.25) is 0 Å². The number of sulfone groups is 1. The molecule has 1 aromatic rings. The Hall–Kier alpha value is -1.40. The molecular formula is C13H18N2O3S. The molecule has 1 N–H and O–H groups in total. The van der Waals surface area contributed by atoms with Gasteiger partial charge in [-0.1, -0.05) is 0 Å². The van der Waals surface area contributed by atoms with Crippen LogP contribution in [0.1, 0.15) is 17.3 Å². The van der Waals surface area contributed by atoms with Gasteiger partial charge in [0.25, 0.3) is 5.91 Å². The Morgan fingerprint density at radius 1 is 1.32 bits per heavy atom. The molecule has 0 saturated carbocycles. The molecule has 104 valence electrons. The number of hydrogen-bond donors (Lipinski definition) is 1. The molecule has 0 unspecified atom stereocenters. The molecule has 1 fully saturated rings. The van der Waals surface area contributed by atoms with E-state index in [1.54, 1.807) is 17.0 Å². The van der Waals surface area contributed by atoms with Gasteiger partial charge in [-0.05, 0) is 31.2 Å². The molecule has 1 aliphatic rings. The van der Waals surface area contributed by atoms with Gasteiger partial charge in [0.1, 0.15) is 0 Å². The molecular weight excluding hydrogens is 264 g/mol. The molecule has 2 rings (SSSR count). The van der Waals surface area contributed by atoms with Gasteiger partial charge in [-0.2, -0.15) is 0 Å². The summed E-state index contributed by atoms with van der Waals surface area (Å²) >= 11 is 0. The maximum absolute atomic E-state index is 12.3. The number of hydrogen-bond acceptors (Lipinski definition) is 4. The van der Waals surface area contributed by atoms with Gasteiger partial charge in [0, 0.05) is 37.5 Å². The van der Waals surface area contributed by atoms with Crippen LogP contribution in [-0.2, 0) is 9.84 Å². The minimum absolute atomic E-state index is 0.0478. The summed E-state index contributed by atoms with van der Waals surface area (Å²) in [4.78, 5) is 14.3. The second kappa shape index (κ2) is 5.30. The largest absolute Gasteiger partial charge is 0.336 e. The Labute approximate surface area is 113 Å². The quantitative estimate of drug-likeness (QED) is 0.859. The summed E-state index contributed by atoms with van der Waals surface area (Å²) in [6.07, 6.45) is 1.15.